The minimum atomic E-state index is -1.03. The van der Waals surface area contributed by atoms with E-state index in [2.05, 4.69) is 48.0 Å². The molecule has 292 valence electrons. The largest absolute Gasteiger partial charge is 0.462 e. The molecule has 0 spiro atoms. The first-order valence-corrected chi connectivity index (χ1v) is 19.0. The third-order valence-electron chi connectivity index (χ3n) is 10.8. The summed E-state index contributed by atoms with van der Waals surface area (Å²) in [5.41, 5.74) is 2.00. The van der Waals surface area contributed by atoms with E-state index in [1.807, 2.05) is 0 Å². The molecule has 1 aromatic carbocycles. The van der Waals surface area contributed by atoms with Crippen LogP contribution in [0.2, 0.25) is 0 Å². The fourth-order valence-corrected chi connectivity index (χ4v) is 8.28. The highest BCUT2D eigenvalue weighted by molar-refractivity contribution is 6.25. The zero-order valence-corrected chi connectivity index (χ0v) is 30.8. The average molecular weight is 751 g/mol. The first kappa shape index (κ1) is 39.1. The van der Waals surface area contributed by atoms with Crippen LogP contribution in [0.3, 0.4) is 0 Å². The number of alkyl carbamates (subject to hydrolysis) is 1. The zero-order chi connectivity index (χ0) is 38.4. The summed E-state index contributed by atoms with van der Waals surface area (Å²) >= 11 is 0. The number of nitrogens with one attached hydrogen (secondary N) is 3. The van der Waals surface area contributed by atoms with Crippen LogP contribution in [-0.4, -0.2) is 110 Å². The lowest BCUT2D eigenvalue weighted by Crippen LogP contribution is -2.54. The molecule has 2 aliphatic carbocycles. The normalized spacial score (nSPS) is 29.2. The number of anilines is 1. The summed E-state index contributed by atoms with van der Waals surface area (Å²) in [5.74, 6) is -1.88. The maximum atomic E-state index is 13.2. The summed E-state index contributed by atoms with van der Waals surface area (Å²) in [6.45, 7) is 6.01. The van der Waals surface area contributed by atoms with Crippen LogP contribution in [0.4, 0.5) is 10.5 Å². The molecule has 1 unspecified atom stereocenters. The van der Waals surface area contributed by atoms with Crippen molar-refractivity contribution in [3.8, 4) is 0 Å². The molecule has 8 atom stereocenters. The van der Waals surface area contributed by atoms with Gasteiger partial charge in [0.1, 0.15) is 18.2 Å². The molecular weight excluding hydrogens is 700 g/mol. The van der Waals surface area contributed by atoms with Crippen molar-refractivity contribution in [1.29, 1.82) is 0 Å². The lowest BCUT2D eigenvalue weighted by atomic mass is 9.65. The van der Waals surface area contributed by atoms with Crippen LogP contribution in [0.5, 0.6) is 0 Å². The van der Waals surface area contributed by atoms with Gasteiger partial charge >= 0.3 is 12.1 Å². The number of rotatable bonds is 15. The van der Waals surface area contributed by atoms with Crippen molar-refractivity contribution in [2.24, 2.45) is 23.7 Å². The number of hydrogen-bond donors (Lipinski definition) is 4. The Morgan fingerprint density at radius 3 is 2.54 bits per heavy atom. The van der Waals surface area contributed by atoms with Gasteiger partial charge in [0, 0.05) is 37.5 Å². The maximum Gasteiger partial charge on any atom is 0.407 e. The molecule has 2 saturated heterocycles. The number of carbonyl (C=O) groups is 6. The van der Waals surface area contributed by atoms with E-state index in [0.717, 1.165) is 11.3 Å². The zero-order valence-electron chi connectivity index (χ0n) is 30.8. The summed E-state index contributed by atoms with van der Waals surface area (Å²) in [6.07, 6.45) is 7.56. The number of hydrogen-bond acceptors (Lipinski definition) is 12. The quantitative estimate of drug-likeness (QED) is 0.116. The predicted molar refractivity (Wildman–Crippen MR) is 193 cm³/mol. The smallest absolute Gasteiger partial charge is 0.407 e. The number of cyclic esters (lactones) is 1. The number of carbonyl (C=O) groups excluding carboxylic acids is 6. The second-order valence-electron chi connectivity index (χ2n) is 14.8. The molecule has 0 aromatic heterocycles. The van der Waals surface area contributed by atoms with Crippen molar-refractivity contribution in [1.82, 2.24) is 15.5 Å². The van der Waals surface area contributed by atoms with Crippen LogP contribution in [-0.2, 0) is 33.3 Å². The minimum Gasteiger partial charge on any atom is -0.462 e. The monoisotopic (exact) mass is 750 g/mol. The van der Waals surface area contributed by atoms with Crippen molar-refractivity contribution in [2.75, 3.05) is 44.8 Å². The topological polar surface area (TPSA) is 199 Å². The Kier molecular flexibility index (Phi) is 12.8. The van der Waals surface area contributed by atoms with E-state index in [1.165, 1.54) is 11.6 Å². The first-order chi connectivity index (χ1) is 26.0. The van der Waals surface area contributed by atoms with Crippen LogP contribution in [0, 0.1) is 23.7 Å². The van der Waals surface area contributed by atoms with E-state index < -0.39 is 41.9 Å². The molecule has 4 N–H and O–H groups in total. The van der Waals surface area contributed by atoms with Crippen molar-refractivity contribution in [3.05, 3.63) is 53.1 Å². The van der Waals surface area contributed by atoms with Gasteiger partial charge in [0.2, 0.25) is 11.8 Å². The predicted octanol–water partition coefficient (Wildman–Crippen LogP) is 2.88. The SMILES string of the molecule is C[C@H]1C=C2C=C[C@H](C)[C@H](CC[C@@H]3C[C@@H](O)CC(=O)O3)[C@H]2[C@@H](OC(=O)NCCOCCOCCNc2cccc3c2C(=O)N(C2CCC(=O)NC2=O)C3=O)C1. The number of nitrogens with zero attached hydrogens (tertiary/aromatic N) is 1. The molecule has 1 aromatic rings. The molecule has 15 heteroatoms. The van der Waals surface area contributed by atoms with Gasteiger partial charge in [-0.3, -0.25) is 34.2 Å². The third kappa shape index (κ3) is 9.19. The fraction of sp³-hybridized carbons (Fsp3) is 0.590. The highest BCUT2D eigenvalue weighted by Gasteiger charge is 2.46. The van der Waals surface area contributed by atoms with Crippen molar-refractivity contribution < 1.29 is 52.8 Å². The number of allylic oxidation sites excluding steroid dienone is 3. The van der Waals surface area contributed by atoms with Gasteiger partial charge in [-0.2, -0.15) is 0 Å². The molecule has 3 heterocycles. The third-order valence-corrected chi connectivity index (χ3v) is 10.8. The summed E-state index contributed by atoms with van der Waals surface area (Å²) in [6, 6.07) is 3.84. The maximum absolute atomic E-state index is 13.2. The summed E-state index contributed by atoms with van der Waals surface area (Å²) < 4.78 is 22.8. The molecule has 0 radical (unpaired) electrons. The number of piperidine rings is 1. The van der Waals surface area contributed by atoms with Gasteiger partial charge in [-0.1, -0.05) is 38.1 Å². The van der Waals surface area contributed by atoms with Crippen LogP contribution in [0.15, 0.2) is 42.0 Å². The van der Waals surface area contributed by atoms with Gasteiger partial charge in [-0.25, -0.2) is 4.79 Å². The Labute approximate surface area is 314 Å². The number of esters is 1. The van der Waals surface area contributed by atoms with Crippen LogP contribution >= 0.6 is 0 Å². The molecule has 54 heavy (non-hydrogen) atoms. The van der Waals surface area contributed by atoms with E-state index in [9.17, 15) is 33.9 Å². The van der Waals surface area contributed by atoms with Gasteiger partial charge in [-0.05, 0) is 61.1 Å². The highest BCUT2D eigenvalue weighted by Crippen LogP contribution is 2.45. The Morgan fingerprint density at radius 1 is 1.00 bits per heavy atom. The number of aliphatic hydroxyl groups excluding tert-OH is 1. The van der Waals surface area contributed by atoms with E-state index >= 15 is 0 Å². The van der Waals surface area contributed by atoms with E-state index in [4.69, 9.17) is 18.9 Å². The highest BCUT2D eigenvalue weighted by atomic mass is 16.6. The van der Waals surface area contributed by atoms with E-state index in [1.54, 1.807) is 12.1 Å². The summed E-state index contributed by atoms with van der Waals surface area (Å²) in [5, 5.41) is 18.2. The van der Waals surface area contributed by atoms with E-state index in [-0.39, 0.29) is 92.0 Å². The van der Waals surface area contributed by atoms with E-state index in [0.29, 0.717) is 44.7 Å². The van der Waals surface area contributed by atoms with Crippen molar-refractivity contribution in [3.63, 3.8) is 0 Å². The summed E-state index contributed by atoms with van der Waals surface area (Å²) in [7, 11) is 0. The standard InChI is InChI=1S/C39H50N4O11/c1-22-18-24-7-6-23(2)27(9-8-26-20-25(44)21-33(46)53-26)34(24)31(19-22)54-39(50)41-13-15-52-17-16-51-14-12-40-29-5-3-4-28-35(29)38(49)43(37(28)48)30-10-11-32(45)42-36(30)47/h3-7,18,22-23,25-27,30-31,34,40,44H,8-17,19-21H2,1-2H3,(H,41,50)(H,42,45,47)/t22-,23-,25+,26+,27-,30?,31-,34-/m0/s1. The number of imide groups is 2. The number of aliphatic hydroxyl groups is 1. The van der Waals surface area contributed by atoms with Gasteiger partial charge in [-0.15, -0.1) is 0 Å². The number of benzene rings is 1. The number of fused-ring (bicyclic) bond motifs is 2. The van der Waals surface area contributed by atoms with Crippen molar-refractivity contribution in [2.45, 2.75) is 83.1 Å². The number of amides is 5. The lowest BCUT2D eigenvalue weighted by molar-refractivity contribution is -0.160. The lowest BCUT2D eigenvalue weighted by Gasteiger charge is -2.43. The Bertz CT molecular complexity index is 1680. The van der Waals surface area contributed by atoms with Gasteiger partial charge < -0.3 is 34.7 Å². The molecule has 0 bridgehead atoms. The Balaban J connectivity index is 0.878. The van der Waals surface area contributed by atoms with Crippen LogP contribution in [0.1, 0.15) is 79.5 Å². The molecule has 0 saturated carbocycles. The number of ether oxygens (including phenoxy) is 4. The fourth-order valence-electron chi connectivity index (χ4n) is 8.28. The van der Waals surface area contributed by atoms with Gasteiger partial charge in [0.15, 0.2) is 0 Å². The Hall–Kier alpha value is -4.60. The molecule has 5 amide bonds. The van der Waals surface area contributed by atoms with Crippen LogP contribution < -0.4 is 16.0 Å². The van der Waals surface area contributed by atoms with Gasteiger partial charge in [0.05, 0.1) is 50.1 Å². The molecule has 6 rings (SSSR count). The second kappa shape index (κ2) is 17.7. The molecule has 3 aliphatic heterocycles. The van der Waals surface area contributed by atoms with Gasteiger partial charge in [0.25, 0.3) is 11.8 Å². The van der Waals surface area contributed by atoms with Crippen molar-refractivity contribution >= 4 is 41.4 Å². The molecule has 2 fully saturated rings. The van der Waals surface area contributed by atoms with Crippen LogP contribution in [0.25, 0.3) is 0 Å². The minimum absolute atomic E-state index is 0.0253. The first-order valence-electron chi connectivity index (χ1n) is 19.0. The Morgan fingerprint density at radius 2 is 1.78 bits per heavy atom. The average Bonchev–Trinajstić information content (AvgIpc) is 3.37. The summed E-state index contributed by atoms with van der Waals surface area (Å²) in [4.78, 5) is 75.9. The second-order valence-corrected chi connectivity index (χ2v) is 14.8. The molecule has 15 nitrogen and oxygen atoms in total. The molecule has 5 aliphatic rings. The molecular formula is C39H50N4O11.